The van der Waals surface area contributed by atoms with Crippen LogP contribution in [0.15, 0.2) is 182 Å². The number of hydrogen-bond acceptors (Lipinski definition) is 1. The van der Waals surface area contributed by atoms with Crippen LogP contribution < -0.4 is 4.90 Å². The van der Waals surface area contributed by atoms with Gasteiger partial charge in [0.25, 0.3) is 0 Å². The Morgan fingerprint density at radius 1 is 0.393 bits per heavy atom. The molecule has 0 aliphatic heterocycles. The zero-order chi connectivity index (χ0) is 37.8. The zero-order valence-corrected chi connectivity index (χ0v) is 32.2. The third kappa shape index (κ3) is 4.62. The summed E-state index contributed by atoms with van der Waals surface area (Å²) in [6, 6.07) is 67.3. The second-order valence-electron chi connectivity index (χ2n) is 16.6. The van der Waals surface area contributed by atoms with Crippen molar-refractivity contribution in [1.29, 1.82) is 0 Å². The monoisotopic (exact) mass is 718 g/mol. The molecular formula is C54H42N2. The molecule has 8 aromatic carbocycles. The van der Waals surface area contributed by atoms with Crippen LogP contribution in [0.2, 0.25) is 0 Å². The van der Waals surface area contributed by atoms with E-state index in [2.05, 4.69) is 219 Å². The van der Waals surface area contributed by atoms with E-state index in [4.69, 9.17) is 0 Å². The topological polar surface area (TPSA) is 8.17 Å². The van der Waals surface area contributed by atoms with Gasteiger partial charge < -0.3 is 9.47 Å². The maximum absolute atomic E-state index is 2.51. The molecule has 2 nitrogen and oxygen atoms in total. The fourth-order valence-corrected chi connectivity index (χ4v) is 10.0. The lowest BCUT2D eigenvalue weighted by molar-refractivity contribution is 0.660. The summed E-state index contributed by atoms with van der Waals surface area (Å²) >= 11 is 0. The molecule has 0 saturated heterocycles. The molecule has 0 atom stereocenters. The standard InChI is InChI=1S/C54H42N2/c1-53(2)47-19-11-8-16-41(47)43-31-30-40(34-49(43)53)55(37-24-22-36(23-25-37)35-14-6-5-7-15-35)38-26-28-39(29-27-38)56-50-21-13-10-18-44(50)46-33-32-45-42-17-9-12-20-48(42)54(3,4)51(45)52(46)56/h5-34H,1-4H3. The summed E-state index contributed by atoms with van der Waals surface area (Å²) in [6.07, 6.45) is 0. The van der Waals surface area contributed by atoms with Crippen molar-refractivity contribution < 1.29 is 0 Å². The fraction of sp³-hybridized carbons (Fsp3) is 0.111. The van der Waals surface area contributed by atoms with E-state index < -0.39 is 0 Å². The fourth-order valence-electron chi connectivity index (χ4n) is 10.0. The molecule has 2 aliphatic rings. The number of nitrogens with zero attached hydrogens (tertiary/aromatic N) is 2. The first-order chi connectivity index (χ1) is 27.3. The Hall–Kier alpha value is -6.64. The number of aromatic nitrogens is 1. The first-order valence-electron chi connectivity index (χ1n) is 19.8. The van der Waals surface area contributed by atoms with Crippen LogP contribution in [0, 0.1) is 0 Å². The minimum atomic E-state index is -0.138. The Balaban J connectivity index is 1.08. The number of fused-ring (bicyclic) bond motifs is 10. The molecule has 268 valence electrons. The highest BCUT2D eigenvalue weighted by atomic mass is 15.1. The predicted molar refractivity (Wildman–Crippen MR) is 236 cm³/mol. The average Bonchev–Trinajstić information content (AvgIpc) is 3.79. The normalized spacial score (nSPS) is 14.4. The van der Waals surface area contributed by atoms with E-state index >= 15 is 0 Å². The molecule has 0 radical (unpaired) electrons. The molecule has 0 bridgehead atoms. The molecule has 0 amide bonds. The molecule has 2 aliphatic carbocycles. The van der Waals surface area contributed by atoms with Crippen LogP contribution >= 0.6 is 0 Å². The Morgan fingerprint density at radius 3 is 1.66 bits per heavy atom. The summed E-state index contributed by atoms with van der Waals surface area (Å²) in [7, 11) is 0. The van der Waals surface area contributed by atoms with Crippen LogP contribution in [0.3, 0.4) is 0 Å². The van der Waals surface area contributed by atoms with Crippen molar-refractivity contribution in [3.05, 3.63) is 204 Å². The van der Waals surface area contributed by atoms with Crippen molar-refractivity contribution in [2.24, 2.45) is 0 Å². The first-order valence-corrected chi connectivity index (χ1v) is 19.8. The smallest absolute Gasteiger partial charge is 0.0588 e. The lowest BCUT2D eigenvalue weighted by Gasteiger charge is -2.28. The number of anilines is 3. The summed E-state index contributed by atoms with van der Waals surface area (Å²) in [5.41, 5.74) is 20.2. The highest BCUT2D eigenvalue weighted by molar-refractivity contribution is 6.13. The van der Waals surface area contributed by atoms with Gasteiger partial charge in [-0.1, -0.05) is 155 Å². The van der Waals surface area contributed by atoms with Crippen LogP contribution in [0.1, 0.15) is 49.9 Å². The largest absolute Gasteiger partial charge is 0.310 e. The number of rotatable bonds is 5. The van der Waals surface area contributed by atoms with E-state index in [9.17, 15) is 0 Å². The summed E-state index contributed by atoms with van der Waals surface area (Å²) in [4.78, 5) is 2.42. The second-order valence-corrected chi connectivity index (χ2v) is 16.6. The van der Waals surface area contributed by atoms with Gasteiger partial charge in [0.1, 0.15) is 0 Å². The van der Waals surface area contributed by atoms with Gasteiger partial charge in [0.05, 0.1) is 11.0 Å². The van der Waals surface area contributed by atoms with Crippen molar-refractivity contribution in [3.63, 3.8) is 0 Å². The maximum Gasteiger partial charge on any atom is 0.0588 e. The third-order valence-electron chi connectivity index (χ3n) is 12.8. The van der Waals surface area contributed by atoms with E-state index in [0.717, 1.165) is 22.7 Å². The Labute approximate surface area is 328 Å². The van der Waals surface area contributed by atoms with Crippen LogP contribution in [-0.2, 0) is 10.8 Å². The van der Waals surface area contributed by atoms with Crippen molar-refractivity contribution in [2.45, 2.75) is 38.5 Å². The van der Waals surface area contributed by atoms with E-state index in [1.807, 2.05) is 0 Å². The third-order valence-corrected chi connectivity index (χ3v) is 12.8. The van der Waals surface area contributed by atoms with E-state index in [0.29, 0.717) is 0 Å². The number of para-hydroxylation sites is 1. The summed E-state index contributed by atoms with van der Waals surface area (Å²) in [6.45, 7) is 9.49. The van der Waals surface area contributed by atoms with Gasteiger partial charge in [0, 0.05) is 44.4 Å². The summed E-state index contributed by atoms with van der Waals surface area (Å²) < 4.78 is 2.51. The van der Waals surface area contributed by atoms with Crippen molar-refractivity contribution in [1.82, 2.24) is 4.57 Å². The predicted octanol–water partition coefficient (Wildman–Crippen LogP) is 14.5. The summed E-state index contributed by atoms with van der Waals surface area (Å²) in [5, 5.41) is 2.58. The van der Waals surface area contributed by atoms with E-state index in [-0.39, 0.29) is 10.8 Å². The molecule has 0 N–H and O–H groups in total. The zero-order valence-electron chi connectivity index (χ0n) is 32.2. The van der Waals surface area contributed by atoms with Gasteiger partial charge in [0.15, 0.2) is 0 Å². The lowest BCUT2D eigenvalue weighted by atomic mass is 9.81. The van der Waals surface area contributed by atoms with Crippen molar-refractivity contribution in [2.75, 3.05) is 4.90 Å². The van der Waals surface area contributed by atoms with Gasteiger partial charge >= 0.3 is 0 Å². The number of benzene rings is 8. The van der Waals surface area contributed by atoms with Crippen LogP contribution in [0.25, 0.3) is 60.9 Å². The maximum atomic E-state index is 2.51. The average molecular weight is 719 g/mol. The SMILES string of the molecule is CC1(C)c2ccccc2-c2ccc(N(c3ccc(-c4ccccc4)cc3)c3ccc(-n4c5ccccc5c5ccc6c(c54)C(C)(C)c4ccccc4-6)cc3)cc21. The molecule has 1 aromatic heterocycles. The molecule has 56 heavy (non-hydrogen) atoms. The second kappa shape index (κ2) is 11.9. The van der Waals surface area contributed by atoms with Crippen LogP contribution in [-0.4, -0.2) is 4.57 Å². The first kappa shape index (κ1) is 32.8. The molecule has 1 heterocycles. The van der Waals surface area contributed by atoms with Gasteiger partial charge in [-0.15, -0.1) is 0 Å². The minimum absolute atomic E-state index is 0.0984. The van der Waals surface area contributed by atoms with Gasteiger partial charge in [-0.05, 0) is 110 Å². The molecular weight excluding hydrogens is 677 g/mol. The van der Waals surface area contributed by atoms with Gasteiger partial charge in [-0.25, -0.2) is 0 Å². The lowest BCUT2D eigenvalue weighted by Crippen LogP contribution is -2.17. The van der Waals surface area contributed by atoms with Crippen LogP contribution in [0.5, 0.6) is 0 Å². The van der Waals surface area contributed by atoms with Gasteiger partial charge in [-0.2, -0.15) is 0 Å². The molecule has 11 rings (SSSR count). The van der Waals surface area contributed by atoms with Crippen LogP contribution in [0.4, 0.5) is 17.1 Å². The van der Waals surface area contributed by atoms with Crippen molar-refractivity contribution in [3.8, 4) is 39.1 Å². The Kier molecular flexibility index (Phi) is 6.98. The number of hydrogen-bond donors (Lipinski definition) is 0. The summed E-state index contributed by atoms with van der Waals surface area (Å²) in [5.74, 6) is 0. The van der Waals surface area contributed by atoms with E-state index in [1.54, 1.807) is 0 Å². The molecule has 0 fully saturated rings. The molecule has 9 aromatic rings. The molecule has 0 unspecified atom stereocenters. The highest BCUT2D eigenvalue weighted by Gasteiger charge is 2.39. The Bertz CT molecular complexity index is 3000. The molecule has 0 saturated carbocycles. The van der Waals surface area contributed by atoms with Gasteiger partial charge in [0.2, 0.25) is 0 Å². The highest BCUT2D eigenvalue weighted by Crippen LogP contribution is 2.54. The minimum Gasteiger partial charge on any atom is -0.310 e. The quantitative estimate of drug-likeness (QED) is 0.172. The molecule has 0 spiro atoms. The Morgan fingerprint density at radius 2 is 0.929 bits per heavy atom. The van der Waals surface area contributed by atoms with E-state index in [1.165, 1.54) is 77.4 Å². The molecule has 2 heteroatoms. The van der Waals surface area contributed by atoms with Crippen molar-refractivity contribution >= 4 is 38.9 Å². The van der Waals surface area contributed by atoms with Gasteiger partial charge in [-0.3, -0.25) is 0 Å².